The van der Waals surface area contributed by atoms with Gasteiger partial charge in [0, 0.05) is 30.8 Å². The summed E-state index contributed by atoms with van der Waals surface area (Å²) < 4.78 is 15.7. The van der Waals surface area contributed by atoms with Gasteiger partial charge in [0.25, 0.3) is 0 Å². The van der Waals surface area contributed by atoms with Crippen molar-refractivity contribution < 1.29 is 14.2 Å². The second-order valence-electron chi connectivity index (χ2n) is 4.65. The molecule has 1 aromatic carbocycles. The van der Waals surface area contributed by atoms with Crippen molar-refractivity contribution in [3.05, 3.63) is 18.2 Å². The quantitative estimate of drug-likeness (QED) is 0.444. The SMILES string of the molecule is COc1ccc(NC(N)=NCC2CCOC2)cc1OC.I. The highest BCUT2D eigenvalue weighted by atomic mass is 127. The van der Waals surface area contributed by atoms with Gasteiger partial charge in [0.1, 0.15) is 0 Å². The third kappa shape index (κ3) is 5.24. The largest absolute Gasteiger partial charge is 0.493 e. The van der Waals surface area contributed by atoms with Crippen LogP contribution < -0.4 is 20.5 Å². The zero-order chi connectivity index (χ0) is 14.4. The summed E-state index contributed by atoms with van der Waals surface area (Å²) in [7, 11) is 3.20. The Hall–Kier alpha value is -1.22. The Labute approximate surface area is 142 Å². The van der Waals surface area contributed by atoms with Crippen LogP contribution in [0.15, 0.2) is 23.2 Å². The molecule has 0 saturated carbocycles. The Morgan fingerprint density at radius 2 is 2.14 bits per heavy atom. The number of nitrogens with zero attached hydrogens (tertiary/aromatic N) is 1. The monoisotopic (exact) mass is 407 g/mol. The standard InChI is InChI=1S/C14H21N3O3.HI/c1-18-12-4-3-11(7-13(12)19-2)17-14(15)16-8-10-5-6-20-9-10;/h3-4,7,10H,5-6,8-9H2,1-2H3,(H3,15,16,17);1H. The Morgan fingerprint density at radius 3 is 2.76 bits per heavy atom. The van der Waals surface area contributed by atoms with E-state index in [4.69, 9.17) is 19.9 Å². The van der Waals surface area contributed by atoms with Gasteiger partial charge in [-0.05, 0) is 18.6 Å². The molecule has 1 heterocycles. The van der Waals surface area contributed by atoms with Crippen LogP contribution in [0.1, 0.15) is 6.42 Å². The van der Waals surface area contributed by atoms with E-state index in [-0.39, 0.29) is 24.0 Å². The maximum Gasteiger partial charge on any atom is 0.193 e. The summed E-state index contributed by atoms with van der Waals surface area (Å²) in [5.41, 5.74) is 6.68. The minimum atomic E-state index is 0. The van der Waals surface area contributed by atoms with Crippen LogP contribution in [0.5, 0.6) is 11.5 Å². The van der Waals surface area contributed by atoms with Crippen molar-refractivity contribution in [3.8, 4) is 11.5 Å². The fourth-order valence-electron chi connectivity index (χ4n) is 2.06. The summed E-state index contributed by atoms with van der Waals surface area (Å²) in [6, 6.07) is 5.50. The molecule has 1 saturated heterocycles. The van der Waals surface area contributed by atoms with Crippen LogP contribution in [0.4, 0.5) is 5.69 Å². The second kappa shape index (κ2) is 8.93. The van der Waals surface area contributed by atoms with E-state index in [1.165, 1.54) is 0 Å². The Kier molecular flexibility index (Phi) is 7.58. The van der Waals surface area contributed by atoms with Gasteiger partial charge in [-0.15, -0.1) is 24.0 Å². The van der Waals surface area contributed by atoms with Crippen LogP contribution in [0.3, 0.4) is 0 Å². The van der Waals surface area contributed by atoms with E-state index in [1.807, 2.05) is 18.2 Å². The number of nitrogens with two attached hydrogens (primary N) is 1. The number of ether oxygens (including phenoxy) is 3. The van der Waals surface area contributed by atoms with Crippen molar-refractivity contribution in [1.29, 1.82) is 0 Å². The van der Waals surface area contributed by atoms with Gasteiger partial charge in [-0.2, -0.15) is 0 Å². The van der Waals surface area contributed by atoms with Crippen LogP contribution in [0, 0.1) is 5.92 Å². The molecule has 0 bridgehead atoms. The molecule has 0 amide bonds. The summed E-state index contributed by atoms with van der Waals surface area (Å²) in [6.07, 6.45) is 1.05. The van der Waals surface area contributed by atoms with E-state index >= 15 is 0 Å². The third-order valence-electron chi connectivity index (χ3n) is 3.20. The van der Waals surface area contributed by atoms with E-state index in [1.54, 1.807) is 14.2 Å². The molecule has 6 nitrogen and oxygen atoms in total. The number of nitrogens with one attached hydrogen (secondary N) is 1. The molecule has 0 aromatic heterocycles. The van der Waals surface area contributed by atoms with E-state index in [0.717, 1.165) is 25.3 Å². The van der Waals surface area contributed by atoms with Gasteiger partial charge < -0.3 is 25.3 Å². The van der Waals surface area contributed by atoms with Crippen molar-refractivity contribution in [2.45, 2.75) is 6.42 Å². The fraction of sp³-hybridized carbons (Fsp3) is 0.500. The minimum absolute atomic E-state index is 0. The van der Waals surface area contributed by atoms with Gasteiger partial charge in [-0.1, -0.05) is 0 Å². The van der Waals surface area contributed by atoms with E-state index in [2.05, 4.69) is 10.3 Å². The number of guanidine groups is 1. The van der Waals surface area contributed by atoms with Gasteiger partial charge in [-0.25, -0.2) is 0 Å². The zero-order valence-electron chi connectivity index (χ0n) is 12.3. The highest BCUT2D eigenvalue weighted by molar-refractivity contribution is 14.0. The molecule has 0 spiro atoms. The second-order valence-corrected chi connectivity index (χ2v) is 4.65. The maximum atomic E-state index is 5.87. The topological polar surface area (TPSA) is 78.1 Å². The molecule has 1 aromatic rings. The first kappa shape index (κ1) is 17.8. The maximum absolute atomic E-state index is 5.87. The fourth-order valence-corrected chi connectivity index (χ4v) is 2.06. The van der Waals surface area contributed by atoms with E-state index < -0.39 is 0 Å². The summed E-state index contributed by atoms with van der Waals surface area (Å²) in [5, 5.41) is 3.04. The highest BCUT2D eigenvalue weighted by Crippen LogP contribution is 2.29. The average Bonchev–Trinajstić information content (AvgIpc) is 2.98. The number of benzene rings is 1. The normalized spacial score (nSPS) is 18.0. The summed E-state index contributed by atoms with van der Waals surface area (Å²) in [6.45, 7) is 2.28. The van der Waals surface area contributed by atoms with Gasteiger partial charge in [0.15, 0.2) is 17.5 Å². The molecule has 21 heavy (non-hydrogen) atoms. The van der Waals surface area contributed by atoms with Crippen molar-refractivity contribution in [1.82, 2.24) is 0 Å². The molecule has 1 aliphatic rings. The van der Waals surface area contributed by atoms with Crippen molar-refractivity contribution in [2.75, 3.05) is 39.3 Å². The third-order valence-corrected chi connectivity index (χ3v) is 3.20. The molecule has 0 radical (unpaired) electrons. The van der Waals surface area contributed by atoms with E-state index in [0.29, 0.717) is 29.9 Å². The molecule has 1 unspecified atom stereocenters. The van der Waals surface area contributed by atoms with Crippen LogP contribution in [0.2, 0.25) is 0 Å². The van der Waals surface area contributed by atoms with Crippen molar-refractivity contribution in [3.63, 3.8) is 0 Å². The summed E-state index contributed by atoms with van der Waals surface area (Å²) >= 11 is 0. The molecular formula is C14H22IN3O3. The summed E-state index contributed by atoms with van der Waals surface area (Å²) in [4.78, 5) is 4.33. The molecule has 7 heteroatoms. The summed E-state index contributed by atoms with van der Waals surface area (Å²) in [5.74, 6) is 2.19. The number of methoxy groups -OCH3 is 2. The number of rotatable bonds is 5. The van der Waals surface area contributed by atoms with Gasteiger partial charge in [0.2, 0.25) is 0 Å². The Bertz CT molecular complexity index is 477. The lowest BCUT2D eigenvalue weighted by Crippen LogP contribution is -2.24. The van der Waals surface area contributed by atoms with E-state index in [9.17, 15) is 0 Å². The number of anilines is 1. The van der Waals surface area contributed by atoms with Crippen molar-refractivity contribution >= 4 is 35.6 Å². The first-order valence-corrected chi connectivity index (χ1v) is 6.59. The minimum Gasteiger partial charge on any atom is -0.493 e. The number of hydrogen-bond donors (Lipinski definition) is 2. The number of hydrogen-bond acceptors (Lipinski definition) is 4. The zero-order valence-corrected chi connectivity index (χ0v) is 14.6. The number of halogens is 1. The molecular weight excluding hydrogens is 385 g/mol. The Balaban J connectivity index is 0.00000220. The predicted octanol–water partition coefficient (Wildman–Crippen LogP) is 2.08. The van der Waals surface area contributed by atoms with Gasteiger partial charge in [0.05, 0.1) is 20.8 Å². The molecule has 1 atom stereocenters. The van der Waals surface area contributed by atoms with Crippen molar-refractivity contribution in [2.24, 2.45) is 16.6 Å². The molecule has 0 aliphatic carbocycles. The first-order valence-electron chi connectivity index (χ1n) is 6.59. The number of aliphatic imine (C=N–C) groups is 1. The smallest absolute Gasteiger partial charge is 0.193 e. The van der Waals surface area contributed by atoms with Crippen LogP contribution in [-0.4, -0.2) is 39.9 Å². The Morgan fingerprint density at radius 1 is 1.38 bits per heavy atom. The molecule has 1 aliphatic heterocycles. The van der Waals surface area contributed by atoms with Gasteiger partial charge in [-0.3, -0.25) is 4.99 Å². The highest BCUT2D eigenvalue weighted by Gasteiger charge is 2.14. The average molecular weight is 407 g/mol. The van der Waals surface area contributed by atoms with Gasteiger partial charge >= 0.3 is 0 Å². The lowest BCUT2D eigenvalue weighted by molar-refractivity contribution is 0.187. The molecule has 1 fully saturated rings. The molecule has 118 valence electrons. The van der Waals surface area contributed by atoms with Crippen LogP contribution in [-0.2, 0) is 4.74 Å². The van der Waals surface area contributed by atoms with Crippen LogP contribution >= 0.6 is 24.0 Å². The lowest BCUT2D eigenvalue weighted by Gasteiger charge is -2.11. The first-order chi connectivity index (χ1) is 9.72. The lowest BCUT2D eigenvalue weighted by atomic mass is 10.1. The molecule has 2 rings (SSSR count). The van der Waals surface area contributed by atoms with Crippen LogP contribution in [0.25, 0.3) is 0 Å². The predicted molar refractivity (Wildman–Crippen MR) is 94.0 cm³/mol. The molecule has 3 N–H and O–H groups in total.